The van der Waals surface area contributed by atoms with Gasteiger partial charge >= 0.3 is 0 Å². The topological polar surface area (TPSA) is 26.0 Å². The zero-order chi connectivity index (χ0) is 10.4. The zero-order valence-electron chi connectivity index (χ0n) is 8.06. The largest absolute Gasteiger partial charge is 0.321 e. The van der Waals surface area contributed by atoms with Gasteiger partial charge in [-0.25, -0.2) is 8.78 Å². The maximum atomic E-state index is 13.0. The summed E-state index contributed by atoms with van der Waals surface area (Å²) in [6.07, 6.45) is 1.79. The second kappa shape index (κ2) is 2.76. The van der Waals surface area contributed by atoms with E-state index in [1.54, 1.807) is 6.07 Å². The summed E-state index contributed by atoms with van der Waals surface area (Å²) in [6, 6.07) is 6.43. The van der Waals surface area contributed by atoms with Gasteiger partial charge < -0.3 is 5.73 Å². The standard InChI is InChI=1S/C11H13F2N/c1-10(12,13)8-3-2-4-9(7-8)11(14)5-6-11/h2-4,7H,5-6,14H2,1H3. The molecule has 1 aromatic rings. The summed E-state index contributed by atoms with van der Waals surface area (Å²) in [5.74, 6) is -2.78. The Bertz CT molecular complexity index is 330. The summed E-state index contributed by atoms with van der Waals surface area (Å²) in [7, 11) is 0. The van der Waals surface area contributed by atoms with Crippen molar-refractivity contribution in [2.75, 3.05) is 0 Å². The van der Waals surface area contributed by atoms with Crippen LogP contribution in [0.15, 0.2) is 24.3 Å². The van der Waals surface area contributed by atoms with Gasteiger partial charge in [-0.15, -0.1) is 0 Å². The van der Waals surface area contributed by atoms with Crippen LogP contribution in [0.4, 0.5) is 8.78 Å². The Kier molecular flexibility index (Phi) is 1.89. The van der Waals surface area contributed by atoms with E-state index < -0.39 is 5.92 Å². The average molecular weight is 197 g/mol. The quantitative estimate of drug-likeness (QED) is 0.775. The van der Waals surface area contributed by atoms with Crippen molar-refractivity contribution in [2.45, 2.75) is 31.2 Å². The van der Waals surface area contributed by atoms with Crippen molar-refractivity contribution in [1.82, 2.24) is 0 Å². The molecule has 0 unspecified atom stereocenters. The van der Waals surface area contributed by atoms with Gasteiger partial charge in [0.05, 0.1) is 0 Å². The van der Waals surface area contributed by atoms with Crippen LogP contribution in [0.3, 0.4) is 0 Å². The third kappa shape index (κ3) is 1.64. The molecule has 0 spiro atoms. The molecule has 1 fully saturated rings. The highest BCUT2D eigenvalue weighted by Gasteiger charge is 2.40. The molecule has 1 nitrogen and oxygen atoms in total. The highest BCUT2D eigenvalue weighted by molar-refractivity contribution is 5.34. The zero-order valence-corrected chi connectivity index (χ0v) is 8.06. The summed E-state index contributed by atoms with van der Waals surface area (Å²) in [6.45, 7) is 0.905. The number of hydrogen-bond donors (Lipinski definition) is 1. The van der Waals surface area contributed by atoms with Crippen LogP contribution < -0.4 is 5.73 Å². The molecule has 3 heteroatoms. The minimum atomic E-state index is -2.78. The Hall–Kier alpha value is -0.960. The predicted octanol–water partition coefficient (Wildman–Crippen LogP) is 2.75. The first-order valence-corrected chi connectivity index (χ1v) is 4.70. The molecule has 0 aromatic heterocycles. The summed E-state index contributed by atoms with van der Waals surface area (Å²) < 4.78 is 26.0. The average Bonchev–Trinajstić information content (AvgIpc) is 2.84. The number of halogens is 2. The number of nitrogens with two attached hydrogens (primary N) is 1. The second-order valence-corrected chi connectivity index (χ2v) is 4.13. The van der Waals surface area contributed by atoms with E-state index in [-0.39, 0.29) is 11.1 Å². The van der Waals surface area contributed by atoms with Crippen LogP contribution in [-0.2, 0) is 11.5 Å². The van der Waals surface area contributed by atoms with Crippen LogP contribution in [0.5, 0.6) is 0 Å². The molecular formula is C11H13F2N. The molecule has 0 radical (unpaired) electrons. The summed E-state index contributed by atoms with van der Waals surface area (Å²) in [5.41, 5.74) is 6.48. The van der Waals surface area contributed by atoms with E-state index in [2.05, 4.69) is 0 Å². The molecule has 1 aliphatic rings. The molecule has 0 aliphatic heterocycles. The Labute approximate surface area is 81.9 Å². The molecule has 76 valence electrons. The van der Waals surface area contributed by atoms with Crippen molar-refractivity contribution in [3.8, 4) is 0 Å². The molecule has 0 saturated heterocycles. The van der Waals surface area contributed by atoms with Crippen LogP contribution in [0, 0.1) is 0 Å². The monoisotopic (exact) mass is 197 g/mol. The van der Waals surface area contributed by atoms with Crippen molar-refractivity contribution in [2.24, 2.45) is 5.73 Å². The van der Waals surface area contributed by atoms with Crippen molar-refractivity contribution >= 4 is 0 Å². The van der Waals surface area contributed by atoms with Gasteiger partial charge in [0, 0.05) is 18.0 Å². The first kappa shape index (κ1) is 9.59. The van der Waals surface area contributed by atoms with Gasteiger partial charge in [-0.2, -0.15) is 0 Å². The van der Waals surface area contributed by atoms with Crippen molar-refractivity contribution in [3.63, 3.8) is 0 Å². The van der Waals surface area contributed by atoms with Crippen LogP contribution in [-0.4, -0.2) is 0 Å². The highest BCUT2D eigenvalue weighted by Crippen LogP contribution is 2.43. The number of rotatable bonds is 2. The van der Waals surface area contributed by atoms with E-state index in [4.69, 9.17) is 5.73 Å². The van der Waals surface area contributed by atoms with Crippen molar-refractivity contribution in [1.29, 1.82) is 0 Å². The van der Waals surface area contributed by atoms with Gasteiger partial charge in [-0.1, -0.05) is 18.2 Å². The first-order valence-electron chi connectivity index (χ1n) is 4.70. The Morgan fingerprint density at radius 1 is 1.36 bits per heavy atom. The first-order chi connectivity index (χ1) is 6.42. The maximum absolute atomic E-state index is 13.0. The molecule has 0 atom stereocenters. The van der Waals surface area contributed by atoms with Gasteiger partial charge in [0.15, 0.2) is 0 Å². The molecule has 1 aliphatic carbocycles. The fraction of sp³-hybridized carbons (Fsp3) is 0.455. The van der Waals surface area contributed by atoms with Crippen LogP contribution in [0.25, 0.3) is 0 Å². The lowest BCUT2D eigenvalue weighted by molar-refractivity contribution is 0.0173. The van der Waals surface area contributed by atoms with Gasteiger partial charge in [-0.05, 0) is 24.5 Å². The Morgan fingerprint density at radius 3 is 2.50 bits per heavy atom. The molecule has 0 heterocycles. The fourth-order valence-corrected chi connectivity index (χ4v) is 1.53. The molecule has 14 heavy (non-hydrogen) atoms. The smallest absolute Gasteiger partial charge is 0.270 e. The maximum Gasteiger partial charge on any atom is 0.270 e. The van der Waals surface area contributed by atoms with E-state index in [1.165, 1.54) is 12.1 Å². The third-order valence-corrected chi connectivity index (χ3v) is 2.73. The van der Waals surface area contributed by atoms with E-state index in [0.717, 1.165) is 25.3 Å². The van der Waals surface area contributed by atoms with Crippen molar-refractivity contribution in [3.05, 3.63) is 35.4 Å². The molecule has 0 bridgehead atoms. The summed E-state index contributed by atoms with van der Waals surface area (Å²) in [5, 5.41) is 0. The predicted molar refractivity (Wildman–Crippen MR) is 51.1 cm³/mol. The summed E-state index contributed by atoms with van der Waals surface area (Å²) in [4.78, 5) is 0. The van der Waals surface area contributed by atoms with Gasteiger partial charge in [0.1, 0.15) is 0 Å². The van der Waals surface area contributed by atoms with E-state index in [1.807, 2.05) is 6.07 Å². The van der Waals surface area contributed by atoms with E-state index >= 15 is 0 Å². The molecule has 1 saturated carbocycles. The molecule has 2 N–H and O–H groups in total. The minimum Gasteiger partial charge on any atom is -0.321 e. The van der Waals surface area contributed by atoms with Crippen LogP contribution in [0.1, 0.15) is 30.9 Å². The van der Waals surface area contributed by atoms with Gasteiger partial charge in [-0.3, -0.25) is 0 Å². The highest BCUT2D eigenvalue weighted by atomic mass is 19.3. The Balaban J connectivity index is 2.37. The lowest BCUT2D eigenvalue weighted by Gasteiger charge is -2.14. The Morgan fingerprint density at radius 2 is 2.00 bits per heavy atom. The summed E-state index contributed by atoms with van der Waals surface area (Å²) >= 11 is 0. The molecule has 1 aromatic carbocycles. The van der Waals surface area contributed by atoms with Gasteiger partial charge in [0.25, 0.3) is 5.92 Å². The third-order valence-electron chi connectivity index (χ3n) is 2.73. The second-order valence-electron chi connectivity index (χ2n) is 4.13. The number of alkyl halides is 2. The van der Waals surface area contributed by atoms with Crippen LogP contribution in [0.2, 0.25) is 0 Å². The molecule has 2 rings (SSSR count). The van der Waals surface area contributed by atoms with E-state index in [0.29, 0.717) is 0 Å². The van der Waals surface area contributed by atoms with Crippen molar-refractivity contribution < 1.29 is 8.78 Å². The van der Waals surface area contributed by atoms with E-state index in [9.17, 15) is 8.78 Å². The molecule has 0 amide bonds. The van der Waals surface area contributed by atoms with Crippen LogP contribution >= 0.6 is 0 Å². The fourth-order valence-electron chi connectivity index (χ4n) is 1.53. The minimum absolute atomic E-state index is 0.0479. The number of hydrogen-bond acceptors (Lipinski definition) is 1. The lowest BCUT2D eigenvalue weighted by atomic mass is 10.0. The lowest BCUT2D eigenvalue weighted by Crippen LogP contribution is -2.19. The normalized spacial score (nSPS) is 19.4. The SMILES string of the molecule is CC(F)(F)c1cccc(C2(N)CC2)c1. The number of benzene rings is 1. The van der Waals surface area contributed by atoms with Gasteiger partial charge in [0.2, 0.25) is 0 Å². The molecular weight excluding hydrogens is 184 g/mol.